The average Bonchev–Trinajstić information content (AvgIpc) is 3.34. The minimum Gasteiger partial charge on any atom is -0.347 e. The van der Waals surface area contributed by atoms with E-state index in [9.17, 15) is 4.79 Å². The van der Waals surface area contributed by atoms with Crippen LogP contribution >= 0.6 is 11.3 Å². The first kappa shape index (κ1) is 17.1. The summed E-state index contributed by atoms with van der Waals surface area (Å²) in [5, 5.41) is 8.03. The molecule has 6 nitrogen and oxygen atoms in total. The maximum absolute atomic E-state index is 12.6. The van der Waals surface area contributed by atoms with Gasteiger partial charge in [-0.3, -0.25) is 9.78 Å². The molecule has 134 valence electrons. The molecule has 4 rings (SSSR count). The summed E-state index contributed by atoms with van der Waals surface area (Å²) < 4.78 is 1.79. The van der Waals surface area contributed by atoms with Gasteiger partial charge in [0.25, 0.3) is 5.91 Å². The molecule has 0 atom stereocenters. The Morgan fingerprint density at radius 1 is 1.15 bits per heavy atom. The van der Waals surface area contributed by atoms with E-state index in [4.69, 9.17) is 0 Å². The first-order valence-corrected chi connectivity index (χ1v) is 9.28. The highest BCUT2D eigenvalue weighted by molar-refractivity contribution is 7.17. The van der Waals surface area contributed by atoms with Crippen molar-refractivity contribution in [3.63, 3.8) is 0 Å². The topological polar surface area (TPSA) is 72.7 Å². The predicted octanol–water partition coefficient (Wildman–Crippen LogP) is 3.63. The molecular weight excluding hydrogens is 358 g/mol. The first-order valence-electron chi connectivity index (χ1n) is 8.47. The van der Waals surface area contributed by atoms with E-state index in [1.807, 2.05) is 61.7 Å². The van der Waals surface area contributed by atoms with Gasteiger partial charge >= 0.3 is 0 Å². The number of para-hydroxylation sites is 1. The number of carbonyl (C=O) groups is 1. The van der Waals surface area contributed by atoms with Crippen LogP contribution in [0.2, 0.25) is 0 Å². The predicted molar refractivity (Wildman–Crippen MR) is 105 cm³/mol. The lowest BCUT2D eigenvalue weighted by molar-refractivity contribution is 0.0954. The van der Waals surface area contributed by atoms with Crippen molar-refractivity contribution in [3.8, 4) is 16.4 Å². The Labute approximate surface area is 160 Å². The standard InChI is InChI=1S/C20H17N5OS/c1-14-18(27-20(24-14)17-9-5-6-10-21-17)19(26)22-11-15-12-23-25(13-15)16-7-3-2-4-8-16/h2-10,12-13H,11H2,1H3,(H,22,26). The second-order valence-corrected chi connectivity index (χ2v) is 6.96. The van der Waals surface area contributed by atoms with Gasteiger partial charge in [-0.05, 0) is 31.2 Å². The zero-order valence-corrected chi connectivity index (χ0v) is 15.5. The number of nitrogens with one attached hydrogen (secondary N) is 1. The highest BCUT2D eigenvalue weighted by Gasteiger charge is 2.16. The maximum atomic E-state index is 12.6. The summed E-state index contributed by atoms with van der Waals surface area (Å²) in [7, 11) is 0. The molecule has 0 spiro atoms. The zero-order chi connectivity index (χ0) is 18.6. The fourth-order valence-corrected chi connectivity index (χ4v) is 3.60. The van der Waals surface area contributed by atoms with E-state index < -0.39 is 0 Å². The van der Waals surface area contributed by atoms with Gasteiger partial charge in [0, 0.05) is 24.5 Å². The van der Waals surface area contributed by atoms with E-state index >= 15 is 0 Å². The number of hydrogen-bond donors (Lipinski definition) is 1. The molecule has 1 amide bonds. The van der Waals surface area contributed by atoms with Gasteiger partial charge in [0.2, 0.25) is 0 Å². The molecule has 0 unspecified atom stereocenters. The van der Waals surface area contributed by atoms with Crippen molar-refractivity contribution < 1.29 is 4.79 Å². The van der Waals surface area contributed by atoms with Crippen LogP contribution in [0.1, 0.15) is 20.9 Å². The summed E-state index contributed by atoms with van der Waals surface area (Å²) in [6, 6.07) is 15.5. The quantitative estimate of drug-likeness (QED) is 0.578. The molecular formula is C20H17N5OS. The van der Waals surface area contributed by atoms with Gasteiger partial charge < -0.3 is 5.32 Å². The molecule has 7 heteroatoms. The van der Waals surface area contributed by atoms with E-state index in [0.717, 1.165) is 22.0 Å². The Hall–Kier alpha value is -3.32. The third-order valence-electron chi connectivity index (χ3n) is 4.00. The van der Waals surface area contributed by atoms with Gasteiger partial charge in [-0.15, -0.1) is 11.3 Å². The Balaban J connectivity index is 1.45. The molecule has 3 aromatic heterocycles. The van der Waals surface area contributed by atoms with Crippen LogP contribution in [0.4, 0.5) is 0 Å². The number of hydrogen-bond acceptors (Lipinski definition) is 5. The van der Waals surface area contributed by atoms with Gasteiger partial charge in [0.1, 0.15) is 9.88 Å². The van der Waals surface area contributed by atoms with Crippen LogP contribution in [0.15, 0.2) is 67.1 Å². The molecule has 27 heavy (non-hydrogen) atoms. The van der Waals surface area contributed by atoms with Crippen molar-refractivity contribution >= 4 is 17.2 Å². The number of carbonyl (C=O) groups excluding carboxylic acids is 1. The van der Waals surface area contributed by atoms with Crippen LogP contribution in [-0.4, -0.2) is 25.7 Å². The molecule has 1 aromatic carbocycles. The molecule has 0 saturated heterocycles. The van der Waals surface area contributed by atoms with Gasteiger partial charge in [0.05, 0.1) is 23.3 Å². The molecule has 0 aliphatic heterocycles. The monoisotopic (exact) mass is 375 g/mol. The van der Waals surface area contributed by atoms with Crippen molar-refractivity contribution in [2.45, 2.75) is 13.5 Å². The number of amides is 1. The van der Waals surface area contributed by atoms with Crippen LogP contribution < -0.4 is 5.32 Å². The number of pyridine rings is 1. The minimum absolute atomic E-state index is 0.139. The van der Waals surface area contributed by atoms with Crippen LogP contribution in [0.25, 0.3) is 16.4 Å². The Kier molecular flexibility index (Phi) is 4.76. The number of thiazole rings is 1. The molecule has 1 N–H and O–H groups in total. The van der Waals surface area contributed by atoms with Gasteiger partial charge in [-0.2, -0.15) is 5.10 Å². The summed E-state index contributed by atoms with van der Waals surface area (Å²) >= 11 is 1.35. The molecule has 0 fully saturated rings. The van der Waals surface area contributed by atoms with Gasteiger partial charge in [-0.1, -0.05) is 24.3 Å². The van der Waals surface area contributed by atoms with Gasteiger partial charge in [-0.25, -0.2) is 9.67 Å². The summed E-state index contributed by atoms with van der Waals surface area (Å²) in [6.07, 6.45) is 5.39. The lowest BCUT2D eigenvalue weighted by atomic mass is 10.3. The summed E-state index contributed by atoms with van der Waals surface area (Å²) in [6.45, 7) is 2.24. The Morgan fingerprint density at radius 2 is 1.96 bits per heavy atom. The molecule has 0 saturated carbocycles. The number of aryl methyl sites for hydroxylation is 1. The summed E-state index contributed by atoms with van der Waals surface area (Å²) in [5.41, 5.74) is 3.39. The van der Waals surface area contributed by atoms with Gasteiger partial charge in [0.15, 0.2) is 0 Å². The smallest absolute Gasteiger partial charge is 0.263 e. The lowest BCUT2D eigenvalue weighted by Crippen LogP contribution is -2.22. The van der Waals surface area contributed by atoms with Crippen molar-refractivity contribution in [3.05, 3.63) is 83.3 Å². The lowest BCUT2D eigenvalue weighted by Gasteiger charge is -2.02. The minimum atomic E-state index is -0.139. The van der Waals surface area contributed by atoms with Crippen LogP contribution in [0.5, 0.6) is 0 Å². The van der Waals surface area contributed by atoms with Crippen LogP contribution in [0.3, 0.4) is 0 Å². The Morgan fingerprint density at radius 3 is 2.74 bits per heavy atom. The molecule has 0 radical (unpaired) electrons. The number of rotatable bonds is 5. The van der Waals surface area contributed by atoms with Crippen molar-refractivity contribution in [2.24, 2.45) is 0 Å². The number of benzene rings is 1. The normalized spacial score (nSPS) is 10.7. The molecule has 0 aliphatic carbocycles. The zero-order valence-electron chi connectivity index (χ0n) is 14.7. The highest BCUT2D eigenvalue weighted by atomic mass is 32.1. The number of nitrogens with zero attached hydrogens (tertiary/aromatic N) is 4. The fourth-order valence-electron chi connectivity index (χ4n) is 2.64. The van der Waals surface area contributed by atoms with Crippen molar-refractivity contribution in [2.75, 3.05) is 0 Å². The third kappa shape index (κ3) is 3.78. The van der Waals surface area contributed by atoms with Crippen molar-refractivity contribution in [1.82, 2.24) is 25.1 Å². The van der Waals surface area contributed by atoms with E-state index in [1.165, 1.54) is 11.3 Å². The van der Waals surface area contributed by atoms with Crippen LogP contribution in [0, 0.1) is 6.92 Å². The average molecular weight is 375 g/mol. The van der Waals surface area contributed by atoms with E-state index in [-0.39, 0.29) is 5.91 Å². The third-order valence-corrected chi connectivity index (χ3v) is 5.18. The highest BCUT2D eigenvalue weighted by Crippen LogP contribution is 2.26. The van der Waals surface area contributed by atoms with Crippen LogP contribution in [-0.2, 0) is 6.54 Å². The second kappa shape index (κ2) is 7.51. The largest absolute Gasteiger partial charge is 0.347 e. The van der Waals surface area contributed by atoms with E-state index in [0.29, 0.717) is 17.1 Å². The molecule has 0 aliphatic rings. The first-order chi connectivity index (χ1) is 13.2. The van der Waals surface area contributed by atoms with E-state index in [2.05, 4.69) is 20.4 Å². The summed E-state index contributed by atoms with van der Waals surface area (Å²) in [5.74, 6) is -0.139. The molecule has 4 aromatic rings. The molecule has 3 heterocycles. The van der Waals surface area contributed by atoms with E-state index in [1.54, 1.807) is 17.1 Å². The Bertz CT molecular complexity index is 1060. The SMILES string of the molecule is Cc1nc(-c2ccccn2)sc1C(=O)NCc1cnn(-c2ccccc2)c1. The number of aromatic nitrogens is 4. The summed E-state index contributed by atoms with van der Waals surface area (Å²) in [4.78, 5) is 21.9. The second-order valence-electron chi connectivity index (χ2n) is 5.96. The molecule has 0 bridgehead atoms. The fraction of sp³-hybridized carbons (Fsp3) is 0.100. The maximum Gasteiger partial charge on any atom is 0.263 e. The van der Waals surface area contributed by atoms with Crippen molar-refractivity contribution in [1.29, 1.82) is 0 Å².